The molecule has 1 atom stereocenters. The third-order valence-corrected chi connectivity index (χ3v) is 3.16. The zero-order chi connectivity index (χ0) is 13.0. The van der Waals surface area contributed by atoms with Crippen molar-refractivity contribution in [2.45, 2.75) is 38.8 Å². The largest absolute Gasteiger partial charge is 0.409 e. The standard InChI is InChI=1S/C11H21N3O3/c1-6(2)9(10(12)14-16)11(15)13-7-4-8(5-7)17-3/h6-9,16H,4-5H2,1-3H3,(H2,12,14)(H,13,15). The Labute approximate surface area is 101 Å². The van der Waals surface area contributed by atoms with E-state index in [2.05, 4.69) is 10.5 Å². The van der Waals surface area contributed by atoms with Crippen LogP contribution in [0.1, 0.15) is 26.7 Å². The van der Waals surface area contributed by atoms with Gasteiger partial charge in [-0.2, -0.15) is 0 Å². The van der Waals surface area contributed by atoms with Gasteiger partial charge >= 0.3 is 0 Å². The van der Waals surface area contributed by atoms with Crippen molar-refractivity contribution in [1.29, 1.82) is 0 Å². The first-order chi connectivity index (χ1) is 7.99. The highest BCUT2D eigenvalue weighted by Crippen LogP contribution is 2.23. The van der Waals surface area contributed by atoms with Gasteiger partial charge in [-0.1, -0.05) is 19.0 Å². The second-order valence-corrected chi connectivity index (χ2v) is 4.78. The Hall–Kier alpha value is -1.30. The van der Waals surface area contributed by atoms with E-state index in [-0.39, 0.29) is 29.8 Å². The summed E-state index contributed by atoms with van der Waals surface area (Å²) >= 11 is 0. The monoisotopic (exact) mass is 243 g/mol. The van der Waals surface area contributed by atoms with Gasteiger partial charge in [0, 0.05) is 13.2 Å². The topological polar surface area (TPSA) is 96.9 Å². The van der Waals surface area contributed by atoms with Crippen LogP contribution < -0.4 is 11.1 Å². The molecule has 0 spiro atoms. The highest BCUT2D eigenvalue weighted by molar-refractivity contribution is 6.02. The van der Waals surface area contributed by atoms with Crippen LogP contribution in [-0.2, 0) is 9.53 Å². The number of carbonyl (C=O) groups is 1. The zero-order valence-corrected chi connectivity index (χ0v) is 10.5. The van der Waals surface area contributed by atoms with Crippen LogP contribution in [0.2, 0.25) is 0 Å². The molecule has 1 rings (SSSR count). The Bertz CT molecular complexity index is 298. The van der Waals surface area contributed by atoms with Gasteiger partial charge in [-0.25, -0.2) is 0 Å². The number of amides is 1. The highest BCUT2D eigenvalue weighted by atomic mass is 16.5. The molecule has 0 aromatic rings. The van der Waals surface area contributed by atoms with Gasteiger partial charge in [0.1, 0.15) is 5.92 Å². The molecule has 0 aromatic heterocycles. The number of oxime groups is 1. The Morgan fingerprint density at radius 1 is 1.53 bits per heavy atom. The Morgan fingerprint density at radius 2 is 2.12 bits per heavy atom. The van der Waals surface area contributed by atoms with E-state index in [1.165, 1.54) is 0 Å². The van der Waals surface area contributed by atoms with Crippen LogP contribution in [0.4, 0.5) is 0 Å². The maximum atomic E-state index is 12.0. The van der Waals surface area contributed by atoms with Crippen LogP contribution >= 0.6 is 0 Å². The molecule has 0 saturated heterocycles. The van der Waals surface area contributed by atoms with E-state index >= 15 is 0 Å². The van der Waals surface area contributed by atoms with Crippen molar-refractivity contribution in [3.8, 4) is 0 Å². The maximum absolute atomic E-state index is 12.0. The molecule has 1 amide bonds. The first kappa shape index (κ1) is 13.8. The lowest BCUT2D eigenvalue weighted by Crippen LogP contribution is -2.52. The van der Waals surface area contributed by atoms with Gasteiger partial charge in [0.05, 0.1) is 6.10 Å². The number of hydrogen-bond acceptors (Lipinski definition) is 4. The lowest BCUT2D eigenvalue weighted by Gasteiger charge is -2.35. The van der Waals surface area contributed by atoms with Gasteiger partial charge in [-0.05, 0) is 18.8 Å². The van der Waals surface area contributed by atoms with Crippen LogP contribution in [0.3, 0.4) is 0 Å². The number of methoxy groups -OCH3 is 1. The molecular weight excluding hydrogens is 222 g/mol. The maximum Gasteiger partial charge on any atom is 0.231 e. The summed E-state index contributed by atoms with van der Waals surface area (Å²) in [5.74, 6) is -0.819. The van der Waals surface area contributed by atoms with E-state index in [9.17, 15) is 4.79 Å². The summed E-state index contributed by atoms with van der Waals surface area (Å²) in [5, 5.41) is 14.5. The van der Waals surface area contributed by atoms with Crippen molar-refractivity contribution in [2.75, 3.05) is 7.11 Å². The van der Waals surface area contributed by atoms with Crippen molar-refractivity contribution in [3.63, 3.8) is 0 Å². The number of amidine groups is 1. The number of nitrogens with zero attached hydrogens (tertiary/aromatic N) is 1. The molecule has 0 aromatic carbocycles. The predicted octanol–water partition coefficient (Wildman–Crippen LogP) is 0.299. The quantitative estimate of drug-likeness (QED) is 0.280. The van der Waals surface area contributed by atoms with Gasteiger partial charge < -0.3 is 21.0 Å². The number of ether oxygens (including phenoxy) is 1. The summed E-state index contributed by atoms with van der Waals surface area (Å²) in [6, 6.07) is 0.139. The molecule has 0 heterocycles. The van der Waals surface area contributed by atoms with Crippen molar-refractivity contribution >= 4 is 11.7 Å². The summed E-state index contributed by atoms with van der Waals surface area (Å²) in [7, 11) is 1.66. The fourth-order valence-corrected chi connectivity index (χ4v) is 2.01. The first-order valence-corrected chi connectivity index (χ1v) is 5.80. The smallest absolute Gasteiger partial charge is 0.231 e. The molecule has 1 saturated carbocycles. The molecule has 1 aliphatic rings. The molecule has 0 radical (unpaired) electrons. The molecule has 0 bridgehead atoms. The van der Waals surface area contributed by atoms with Gasteiger partial charge in [0.15, 0.2) is 5.84 Å². The molecule has 6 nitrogen and oxygen atoms in total. The Balaban J connectivity index is 2.50. The second-order valence-electron chi connectivity index (χ2n) is 4.78. The molecule has 1 unspecified atom stereocenters. The average Bonchev–Trinajstić information content (AvgIpc) is 2.22. The minimum Gasteiger partial charge on any atom is -0.409 e. The van der Waals surface area contributed by atoms with Crippen molar-refractivity contribution < 1.29 is 14.7 Å². The molecule has 6 heteroatoms. The molecule has 98 valence electrons. The van der Waals surface area contributed by atoms with E-state index in [1.54, 1.807) is 7.11 Å². The average molecular weight is 243 g/mol. The minimum atomic E-state index is -0.582. The highest BCUT2D eigenvalue weighted by Gasteiger charge is 2.34. The van der Waals surface area contributed by atoms with Gasteiger partial charge in [0.25, 0.3) is 0 Å². The number of nitrogens with one attached hydrogen (secondary N) is 1. The van der Waals surface area contributed by atoms with Crippen molar-refractivity contribution in [3.05, 3.63) is 0 Å². The fraction of sp³-hybridized carbons (Fsp3) is 0.818. The second kappa shape index (κ2) is 5.86. The van der Waals surface area contributed by atoms with Crippen LogP contribution in [0.15, 0.2) is 5.16 Å². The van der Waals surface area contributed by atoms with Crippen LogP contribution in [-0.4, -0.2) is 36.2 Å². The Morgan fingerprint density at radius 3 is 2.53 bits per heavy atom. The third kappa shape index (κ3) is 3.33. The normalized spacial score (nSPS) is 26.5. The van der Waals surface area contributed by atoms with Gasteiger partial charge in [-0.3, -0.25) is 4.79 Å². The van der Waals surface area contributed by atoms with Gasteiger partial charge in [-0.15, -0.1) is 0 Å². The minimum absolute atomic E-state index is 0.0100. The molecular formula is C11H21N3O3. The molecule has 17 heavy (non-hydrogen) atoms. The van der Waals surface area contributed by atoms with Crippen molar-refractivity contribution in [1.82, 2.24) is 5.32 Å². The number of hydrogen-bond donors (Lipinski definition) is 3. The lowest BCUT2D eigenvalue weighted by molar-refractivity contribution is -0.126. The summed E-state index contributed by atoms with van der Waals surface area (Å²) in [6.07, 6.45) is 1.88. The third-order valence-electron chi connectivity index (χ3n) is 3.16. The molecule has 1 aliphatic carbocycles. The number of carbonyl (C=O) groups excluding carboxylic acids is 1. The van der Waals surface area contributed by atoms with Crippen molar-refractivity contribution in [2.24, 2.45) is 22.7 Å². The Kier molecular flexibility index (Phi) is 4.74. The number of rotatable bonds is 5. The fourth-order valence-electron chi connectivity index (χ4n) is 2.01. The van der Waals surface area contributed by atoms with E-state index in [4.69, 9.17) is 15.7 Å². The van der Waals surface area contributed by atoms with Gasteiger partial charge in [0.2, 0.25) is 5.91 Å². The molecule has 1 fully saturated rings. The van der Waals surface area contributed by atoms with E-state index in [1.807, 2.05) is 13.8 Å². The summed E-state index contributed by atoms with van der Waals surface area (Å²) in [4.78, 5) is 12.0. The summed E-state index contributed by atoms with van der Waals surface area (Å²) < 4.78 is 5.13. The van der Waals surface area contributed by atoms with E-state index < -0.39 is 5.92 Å². The van der Waals surface area contributed by atoms with E-state index in [0.29, 0.717) is 0 Å². The summed E-state index contributed by atoms with van der Waals surface area (Å²) in [6.45, 7) is 3.72. The molecule has 0 aliphatic heterocycles. The lowest BCUT2D eigenvalue weighted by atomic mass is 9.87. The van der Waals surface area contributed by atoms with E-state index in [0.717, 1.165) is 12.8 Å². The van der Waals surface area contributed by atoms with Crippen LogP contribution in [0, 0.1) is 11.8 Å². The summed E-state index contributed by atoms with van der Waals surface area (Å²) in [5.41, 5.74) is 5.52. The number of nitrogens with two attached hydrogens (primary N) is 1. The predicted molar refractivity (Wildman–Crippen MR) is 63.7 cm³/mol. The SMILES string of the molecule is COC1CC(NC(=O)C(C(N)=NO)C(C)C)C1. The zero-order valence-electron chi connectivity index (χ0n) is 10.5. The molecule has 4 N–H and O–H groups in total. The van der Waals surface area contributed by atoms with Crippen LogP contribution in [0.25, 0.3) is 0 Å². The van der Waals surface area contributed by atoms with Crippen LogP contribution in [0.5, 0.6) is 0 Å². The first-order valence-electron chi connectivity index (χ1n) is 5.80.